The predicted octanol–water partition coefficient (Wildman–Crippen LogP) is 3.91. The summed E-state index contributed by atoms with van der Waals surface area (Å²) in [6.07, 6.45) is 3.61. The highest BCUT2D eigenvalue weighted by Crippen LogP contribution is 2.36. The molecule has 28 heavy (non-hydrogen) atoms. The molecule has 0 bridgehead atoms. The van der Waals surface area contributed by atoms with Crippen LogP contribution < -0.4 is 10.6 Å². The Hall–Kier alpha value is -2.08. The monoisotopic (exact) mass is 405 g/mol. The van der Waals surface area contributed by atoms with Gasteiger partial charge in [0.2, 0.25) is 17.7 Å². The van der Waals surface area contributed by atoms with Crippen molar-refractivity contribution in [1.29, 1.82) is 0 Å². The van der Waals surface area contributed by atoms with Crippen LogP contribution in [0.15, 0.2) is 18.2 Å². The minimum absolute atomic E-state index is 0.0742. The van der Waals surface area contributed by atoms with Crippen molar-refractivity contribution in [3.8, 4) is 0 Å². The number of carbonyl (C=O) groups excluding carboxylic acids is 3. The van der Waals surface area contributed by atoms with Gasteiger partial charge in [-0.3, -0.25) is 14.4 Å². The van der Waals surface area contributed by atoms with Gasteiger partial charge < -0.3 is 15.5 Å². The summed E-state index contributed by atoms with van der Waals surface area (Å²) in [6, 6.07) is 5.18. The Morgan fingerprint density at radius 2 is 1.93 bits per heavy atom. The SMILES string of the molecule is CC(=O)Nc1ccc(NC(=O)[C@@H]2CC(=O)N([C@@H]3CCC[C@H](C)[C@H]3C)C2)cc1Cl. The summed E-state index contributed by atoms with van der Waals surface area (Å²) in [4.78, 5) is 38.4. The van der Waals surface area contributed by atoms with E-state index in [0.29, 0.717) is 34.8 Å². The zero-order valence-corrected chi connectivity index (χ0v) is 17.4. The number of hydrogen-bond acceptors (Lipinski definition) is 3. The number of benzene rings is 1. The summed E-state index contributed by atoms with van der Waals surface area (Å²) >= 11 is 6.17. The second-order valence-corrected chi connectivity index (χ2v) is 8.55. The highest BCUT2D eigenvalue weighted by molar-refractivity contribution is 6.34. The Morgan fingerprint density at radius 1 is 1.18 bits per heavy atom. The van der Waals surface area contributed by atoms with E-state index < -0.39 is 0 Å². The second-order valence-electron chi connectivity index (χ2n) is 8.15. The lowest BCUT2D eigenvalue weighted by Gasteiger charge is -2.40. The van der Waals surface area contributed by atoms with E-state index in [4.69, 9.17) is 11.6 Å². The maximum Gasteiger partial charge on any atom is 0.229 e. The third-order valence-electron chi connectivity index (χ3n) is 6.14. The molecule has 1 aliphatic carbocycles. The van der Waals surface area contributed by atoms with Gasteiger partial charge in [-0.25, -0.2) is 0 Å². The van der Waals surface area contributed by atoms with Gasteiger partial charge in [0, 0.05) is 31.6 Å². The fourth-order valence-electron chi connectivity index (χ4n) is 4.35. The molecule has 1 aromatic rings. The molecule has 7 heteroatoms. The van der Waals surface area contributed by atoms with Gasteiger partial charge in [-0.1, -0.05) is 38.3 Å². The van der Waals surface area contributed by atoms with Crippen LogP contribution >= 0.6 is 11.6 Å². The van der Waals surface area contributed by atoms with Crippen molar-refractivity contribution >= 4 is 40.7 Å². The van der Waals surface area contributed by atoms with Crippen molar-refractivity contribution in [1.82, 2.24) is 4.90 Å². The Kier molecular flexibility index (Phi) is 6.28. The lowest BCUT2D eigenvalue weighted by molar-refractivity contribution is -0.131. The molecule has 0 unspecified atom stereocenters. The number of carbonyl (C=O) groups is 3. The van der Waals surface area contributed by atoms with Gasteiger partial charge in [-0.05, 0) is 36.5 Å². The topological polar surface area (TPSA) is 78.5 Å². The van der Waals surface area contributed by atoms with Crippen LogP contribution in [-0.4, -0.2) is 35.2 Å². The highest BCUT2D eigenvalue weighted by atomic mass is 35.5. The molecule has 1 aromatic carbocycles. The maximum atomic E-state index is 12.7. The van der Waals surface area contributed by atoms with E-state index >= 15 is 0 Å². The van der Waals surface area contributed by atoms with E-state index in [2.05, 4.69) is 24.5 Å². The first-order valence-electron chi connectivity index (χ1n) is 9.93. The Bertz CT molecular complexity index is 782. The van der Waals surface area contributed by atoms with E-state index in [-0.39, 0.29) is 36.1 Å². The number of rotatable bonds is 4. The second kappa shape index (κ2) is 8.52. The molecule has 1 saturated carbocycles. The molecule has 4 atom stereocenters. The van der Waals surface area contributed by atoms with E-state index in [1.165, 1.54) is 13.3 Å². The quantitative estimate of drug-likeness (QED) is 0.797. The average molecular weight is 406 g/mol. The van der Waals surface area contributed by atoms with E-state index in [1.807, 2.05) is 4.90 Å². The van der Waals surface area contributed by atoms with Crippen LogP contribution in [0.5, 0.6) is 0 Å². The number of nitrogens with one attached hydrogen (secondary N) is 2. The molecule has 0 radical (unpaired) electrons. The van der Waals surface area contributed by atoms with Crippen LogP contribution in [-0.2, 0) is 14.4 Å². The van der Waals surface area contributed by atoms with Gasteiger partial charge in [-0.15, -0.1) is 0 Å². The van der Waals surface area contributed by atoms with Crippen LogP contribution in [0.25, 0.3) is 0 Å². The summed E-state index contributed by atoms with van der Waals surface area (Å²) in [5, 5.41) is 5.83. The molecule has 1 heterocycles. The molecule has 0 spiro atoms. The molecule has 0 aromatic heterocycles. The molecule has 2 fully saturated rings. The zero-order valence-electron chi connectivity index (χ0n) is 16.6. The molecule has 1 saturated heterocycles. The molecular weight excluding hydrogens is 378 g/mol. The van der Waals surface area contributed by atoms with Crippen molar-refractivity contribution in [3.05, 3.63) is 23.2 Å². The zero-order chi connectivity index (χ0) is 20.4. The van der Waals surface area contributed by atoms with Crippen LogP contribution in [0.1, 0.15) is 46.5 Å². The minimum Gasteiger partial charge on any atom is -0.339 e. The van der Waals surface area contributed by atoms with Gasteiger partial charge >= 0.3 is 0 Å². The highest BCUT2D eigenvalue weighted by Gasteiger charge is 2.41. The lowest BCUT2D eigenvalue weighted by Crippen LogP contribution is -2.45. The summed E-state index contributed by atoms with van der Waals surface area (Å²) in [7, 11) is 0. The average Bonchev–Trinajstić information content (AvgIpc) is 3.01. The van der Waals surface area contributed by atoms with E-state index in [1.54, 1.807) is 18.2 Å². The summed E-state index contributed by atoms with van der Waals surface area (Å²) in [6.45, 7) is 6.34. The summed E-state index contributed by atoms with van der Waals surface area (Å²) in [5.41, 5.74) is 1.05. The van der Waals surface area contributed by atoms with Crippen molar-refractivity contribution in [3.63, 3.8) is 0 Å². The van der Waals surface area contributed by atoms with Crippen LogP contribution in [0.3, 0.4) is 0 Å². The van der Waals surface area contributed by atoms with Crippen molar-refractivity contribution in [2.75, 3.05) is 17.2 Å². The normalized spacial score (nSPS) is 27.6. The number of nitrogens with zero attached hydrogens (tertiary/aromatic N) is 1. The van der Waals surface area contributed by atoms with E-state index in [9.17, 15) is 14.4 Å². The Morgan fingerprint density at radius 3 is 2.61 bits per heavy atom. The van der Waals surface area contributed by atoms with E-state index in [0.717, 1.165) is 12.8 Å². The first-order valence-corrected chi connectivity index (χ1v) is 10.3. The molecule has 1 aliphatic heterocycles. The minimum atomic E-state index is -0.356. The van der Waals surface area contributed by atoms with Crippen molar-refractivity contribution in [2.45, 2.75) is 52.5 Å². The number of halogens is 1. The fourth-order valence-corrected chi connectivity index (χ4v) is 4.58. The third-order valence-corrected chi connectivity index (χ3v) is 6.45. The van der Waals surface area contributed by atoms with Gasteiger partial charge in [0.1, 0.15) is 0 Å². The van der Waals surface area contributed by atoms with Crippen LogP contribution in [0.4, 0.5) is 11.4 Å². The first-order chi connectivity index (χ1) is 13.3. The number of likely N-dealkylation sites (tertiary alicyclic amines) is 1. The Balaban J connectivity index is 1.63. The fraction of sp³-hybridized carbons (Fsp3) is 0.571. The number of hydrogen-bond donors (Lipinski definition) is 2. The summed E-state index contributed by atoms with van der Waals surface area (Å²) < 4.78 is 0. The van der Waals surface area contributed by atoms with Gasteiger partial charge in [0.25, 0.3) is 0 Å². The third kappa shape index (κ3) is 4.49. The molecule has 3 amide bonds. The summed E-state index contributed by atoms with van der Waals surface area (Å²) in [5.74, 6) is 0.393. The van der Waals surface area contributed by atoms with Gasteiger partial charge in [0.15, 0.2) is 0 Å². The molecule has 2 N–H and O–H groups in total. The van der Waals surface area contributed by atoms with Crippen LogP contribution in [0, 0.1) is 17.8 Å². The molecular formula is C21H28ClN3O3. The molecule has 2 aliphatic rings. The van der Waals surface area contributed by atoms with Gasteiger partial charge in [-0.2, -0.15) is 0 Å². The molecule has 152 valence electrons. The maximum absolute atomic E-state index is 12.7. The Labute approximate surface area is 171 Å². The van der Waals surface area contributed by atoms with Crippen LogP contribution in [0.2, 0.25) is 5.02 Å². The lowest BCUT2D eigenvalue weighted by atomic mass is 9.77. The smallest absolute Gasteiger partial charge is 0.229 e. The van der Waals surface area contributed by atoms with Crippen molar-refractivity contribution < 1.29 is 14.4 Å². The first kappa shape index (κ1) is 20.6. The van der Waals surface area contributed by atoms with Gasteiger partial charge in [0.05, 0.1) is 16.6 Å². The number of anilines is 2. The standard InChI is InChI=1S/C21H28ClN3O3/c1-12-5-4-6-19(13(12)2)25-11-15(9-20(25)27)21(28)24-16-7-8-18(17(22)10-16)23-14(3)26/h7-8,10,12-13,15,19H,4-6,9,11H2,1-3H3,(H,23,26)(H,24,28)/t12-,13+,15+,19+/m0/s1. The number of amides is 3. The molecule has 6 nitrogen and oxygen atoms in total. The largest absolute Gasteiger partial charge is 0.339 e. The molecule has 3 rings (SSSR count). The predicted molar refractivity (Wildman–Crippen MR) is 110 cm³/mol. The van der Waals surface area contributed by atoms with Crippen molar-refractivity contribution in [2.24, 2.45) is 17.8 Å².